The number of nitrogens with zero attached hydrogens (tertiary/aromatic N) is 1. The number of aromatic carboxylic acids is 1. The van der Waals surface area contributed by atoms with Crippen LogP contribution in [0, 0.1) is 0 Å². The fourth-order valence-corrected chi connectivity index (χ4v) is 2.27. The molecule has 0 bridgehead atoms. The van der Waals surface area contributed by atoms with Crippen molar-refractivity contribution in [1.29, 1.82) is 0 Å². The van der Waals surface area contributed by atoms with Gasteiger partial charge in [-0.15, -0.1) is 0 Å². The van der Waals surface area contributed by atoms with Crippen molar-refractivity contribution < 1.29 is 14.6 Å². The summed E-state index contributed by atoms with van der Waals surface area (Å²) in [6, 6.07) is 5.68. The lowest BCUT2D eigenvalue weighted by molar-refractivity contribution is 0.0697. The molecule has 1 aliphatic rings. The summed E-state index contributed by atoms with van der Waals surface area (Å²) in [5.74, 6) is -0.165. The predicted molar refractivity (Wildman–Crippen MR) is 75.2 cm³/mol. The van der Waals surface area contributed by atoms with E-state index in [1.54, 1.807) is 19.2 Å². The van der Waals surface area contributed by atoms with Gasteiger partial charge in [-0.05, 0) is 31.4 Å². The van der Waals surface area contributed by atoms with Crippen molar-refractivity contribution >= 4 is 11.7 Å². The first-order valence-corrected chi connectivity index (χ1v) is 6.85. The van der Waals surface area contributed by atoms with Crippen LogP contribution in [0.3, 0.4) is 0 Å². The number of benzene rings is 1. The second kappa shape index (κ2) is 5.95. The lowest BCUT2D eigenvalue weighted by atomic mass is 10.1. The zero-order chi connectivity index (χ0) is 13.8. The molecule has 1 aromatic rings. The van der Waals surface area contributed by atoms with Gasteiger partial charge < -0.3 is 14.7 Å². The normalized spacial score (nSPS) is 14.2. The summed E-state index contributed by atoms with van der Waals surface area (Å²) in [5, 5.41) is 9.34. The number of hydrogen-bond acceptors (Lipinski definition) is 3. The van der Waals surface area contributed by atoms with Gasteiger partial charge in [-0.25, -0.2) is 4.79 Å². The molecule has 19 heavy (non-hydrogen) atoms. The number of carboxylic acid groups (broad SMARTS) is 1. The van der Waals surface area contributed by atoms with Crippen LogP contribution in [0.15, 0.2) is 18.2 Å². The van der Waals surface area contributed by atoms with Crippen molar-refractivity contribution in [2.75, 3.05) is 18.6 Å². The van der Waals surface area contributed by atoms with Gasteiger partial charge in [0, 0.05) is 18.7 Å². The molecule has 0 saturated heterocycles. The number of hydrogen-bond donors (Lipinski definition) is 1. The summed E-state index contributed by atoms with van der Waals surface area (Å²) in [6.07, 6.45) is 4.49. The van der Waals surface area contributed by atoms with Crippen LogP contribution in [0.4, 0.5) is 5.69 Å². The summed E-state index contributed by atoms with van der Waals surface area (Å²) in [7, 11) is 1.60. The summed E-state index contributed by atoms with van der Waals surface area (Å²) in [5.41, 5.74) is 1.16. The number of anilines is 1. The van der Waals surface area contributed by atoms with Gasteiger partial charge in [0.15, 0.2) is 0 Å². The van der Waals surface area contributed by atoms with Crippen molar-refractivity contribution in [3.8, 4) is 5.75 Å². The van der Waals surface area contributed by atoms with Crippen molar-refractivity contribution in [1.82, 2.24) is 0 Å². The third kappa shape index (κ3) is 3.19. The van der Waals surface area contributed by atoms with Gasteiger partial charge in [0.2, 0.25) is 0 Å². The van der Waals surface area contributed by atoms with E-state index in [4.69, 9.17) is 4.74 Å². The van der Waals surface area contributed by atoms with Crippen LogP contribution in [-0.4, -0.2) is 30.8 Å². The summed E-state index contributed by atoms with van der Waals surface area (Å²) in [4.78, 5) is 13.6. The molecule has 0 radical (unpaired) electrons. The van der Waals surface area contributed by atoms with Gasteiger partial charge in [-0.1, -0.05) is 13.3 Å². The van der Waals surface area contributed by atoms with Crippen molar-refractivity contribution in [3.63, 3.8) is 0 Å². The monoisotopic (exact) mass is 263 g/mol. The van der Waals surface area contributed by atoms with Crippen LogP contribution in [0.1, 0.15) is 43.0 Å². The Kier molecular flexibility index (Phi) is 4.30. The average Bonchev–Trinajstić information content (AvgIpc) is 3.23. The molecule has 1 N–H and O–H groups in total. The number of carbonyl (C=O) groups is 1. The fraction of sp³-hybridized carbons (Fsp3) is 0.533. The SMILES string of the molecule is CCCCN(c1cc(OC)ccc1C(=O)O)C1CC1. The van der Waals surface area contributed by atoms with Gasteiger partial charge >= 0.3 is 5.97 Å². The fourth-order valence-electron chi connectivity index (χ4n) is 2.27. The molecule has 0 aliphatic heterocycles. The molecule has 1 aromatic carbocycles. The highest BCUT2D eigenvalue weighted by molar-refractivity contribution is 5.95. The van der Waals surface area contributed by atoms with E-state index in [9.17, 15) is 9.90 Å². The standard InChI is InChI=1S/C15H21NO3/c1-3-4-9-16(11-5-6-11)14-10-12(19-2)7-8-13(14)15(17)18/h7-8,10-11H,3-6,9H2,1-2H3,(H,17,18). The molecule has 1 fully saturated rings. The lowest BCUT2D eigenvalue weighted by Gasteiger charge is -2.26. The molecule has 0 heterocycles. The minimum absolute atomic E-state index is 0.365. The number of rotatable bonds is 7. The highest BCUT2D eigenvalue weighted by Crippen LogP contribution is 2.35. The van der Waals surface area contributed by atoms with E-state index < -0.39 is 5.97 Å². The van der Waals surface area contributed by atoms with Crippen molar-refractivity contribution in [3.05, 3.63) is 23.8 Å². The number of methoxy groups -OCH3 is 1. The maximum absolute atomic E-state index is 11.4. The molecule has 0 amide bonds. The highest BCUT2D eigenvalue weighted by Gasteiger charge is 2.31. The number of unbranched alkanes of at least 4 members (excludes halogenated alkanes) is 1. The van der Waals surface area contributed by atoms with Gasteiger partial charge in [-0.3, -0.25) is 0 Å². The zero-order valence-corrected chi connectivity index (χ0v) is 11.6. The van der Waals surface area contributed by atoms with Crippen LogP contribution in [-0.2, 0) is 0 Å². The average molecular weight is 263 g/mol. The minimum Gasteiger partial charge on any atom is -0.497 e. The van der Waals surface area contributed by atoms with E-state index in [1.165, 1.54) is 0 Å². The quantitative estimate of drug-likeness (QED) is 0.821. The lowest BCUT2D eigenvalue weighted by Crippen LogP contribution is -2.28. The Labute approximate surface area is 114 Å². The maximum atomic E-state index is 11.4. The van der Waals surface area contributed by atoms with Crippen molar-refractivity contribution in [2.24, 2.45) is 0 Å². The Balaban J connectivity index is 2.34. The van der Waals surface area contributed by atoms with Gasteiger partial charge in [0.05, 0.1) is 18.4 Å². The molecule has 0 atom stereocenters. The summed E-state index contributed by atoms with van der Waals surface area (Å²) < 4.78 is 5.22. The van der Waals surface area contributed by atoms with E-state index in [-0.39, 0.29) is 0 Å². The molecule has 0 aromatic heterocycles. The Morgan fingerprint density at radius 2 is 2.21 bits per heavy atom. The third-order valence-electron chi connectivity index (χ3n) is 3.48. The number of ether oxygens (including phenoxy) is 1. The van der Waals surface area contributed by atoms with Gasteiger partial charge in [0.1, 0.15) is 5.75 Å². The predicted octanol–water partition coefficient (Wildman–Crippen LogP) is 3.16. The molecule has 104 valence electrons. The molecule has 1 saturated carbocycles. The van der Waals surface area contributed by atoms with E-state index in [1.807, 2.05) is 6.07 Å². The minimum atomic E-state index is -0.875. The number of carboxylic acids is 1. The second-order valence-corrected chi connectivity index (χ2v) is 4.97. The van der Waals surface area contributed by atoms with E-state index in [0.717, 1.165) is 37.9 Å². The van der Waals surface area contributed by atoms with Crippen molar-refractivity contribution in [2.45, 2.75) is 38.6 Å². The van der Waals surface area contributed by atoms with E-state index in [2.05, 4.69) is 11.8 Å². The largest absolute Gasteiger partial charge is 0.497 e. The van der Waals surface area contributed by atoms with Crippen LogP contribution >= 0.6 is 0 Å². The summed E-state index contributed by atoms with van der Waals surface area (Å²) >= 11 is 0. The first kappa shape index (κ1) is 13.7. The van der Waals surface area contributed by atoms with Gasteiger partial charge in [-0.2, -0.15) is 0 Å². The first-order valence-electron chi connectivity index (χ1n) is 6.85. The van der Waals surface area contributed by atoms with Crippen LogP contribution in [0.25, 0.3) is 0 Å². The Morgan fingerprint density at radius 3 is 2.74 bits per heavy atom. The molecular formula is C15H21NO3. The molecule has 0 unspecified atom stereocenters. The Bertz CT molecular complexity index is 455. The topological polar surface area (TPSA) is 49.8 Å². The maximum Gasteiger partial charge on any atom is 0.337 e. The molecule has 1 aliphatic carbocycles. The molecule has 4 nitrogen and oxygen atoms in total. The molecule has 0 spiro atoms. The van der Waals surface area contributed by atoms with Gasteiger partial charge in [0.25, 0.3) is 0 Å². The highest BCUT2D eigenvalue weighted by atomic mass is 16.5. The Morgan fingerprint density at radius 1 is 1.47 bits per heavy atom. The van der Waals surface area contributed by atoms with Crippen LogP contribution in [0.2, 0.25) is 0 Å². The summed E-state index contributed by atoms with van der Waals surface area (Å²) in [6.45, 7) is 3.06. The van der Waals surface area contributed by atoms with E-state index >= 15 is 0 Å². The zero-order valence-electron chi connectivity index (χ0n) is 11.6. The smallest absolute Gasteiger partial charge is 0.337 e. The third-order valence-corrected chi connectivity index (χ3v) is 3.48. The second-order valence-electron chi connectivity index (χ2n) is 4.97. The van der Waals surface area contributed by atoms with Crippen LogP contribution < -0.4 is 9.64 Å². The van der Waals surface area contributed by atoms with Crippen LogP contribution in [0.5, 0.6) is 5.75 Å². The molecule has 4 heteroatoms. The molecule has 2 rings (SSSR count). The Hall–Kier alpha value is -1.71. The first-order chi connectivity index (χ1) is 9.17. The molecular weight excluding hydrogens is 242 g/mol. The van der Waals surface area contributed by atoms with E-state index in [0.29, 0.717) is 17.4 Å².